The average Bonchev–Trinajstić information content (AvgIpc) is 3.09. The number of fused-ring (bicyclic) bond motifs is 1. The molecule has 0 amide bonds. The maximum atomic E-state index is 13.8. The molecule has 31 heavy (non-hydrogen) atoms. The van der Waals surface area contributed by atoms with Crippen molar-refractivity contribution in [1.29, 1.82) is 0 Å². The summed E-state index contributed by atoms with van der Waals surface area (Å²) in [6.07, 6.45) is 2.30. The van der Waals surface area contributed by atoms with E-state index in [-0.39, 0.29) is 4.90 Å². The second-order valence-electron chi connectivity index (χ2n) is 7.41. The van der Waals surface area contributed by atoms with E-state index in [9.17, 15) is 13.0 Å². The summed E-state index contributed by atoms with van der Waals surface area (Å²) in [7, 11) is -1.49. The number of nitrogens with two attached hydrogens (primary N) is 1. The van der Waals surface area contributed by atoms with Gasteiger partial charge in [-0.1, -0.05) is 6.42 Å². The molecule has 9 heteroatoms. The number of halogens is 2. The maximum absolute atomic E-state index is 13.8. The van der Waals surface area contributed by atoms with Crippen molar-refractivity contribution >= 4 is 27.7 Å². The number of benzene rings is 1. The zero-order chi connectivity index (χ0) is 22.5. The number of hydrogen-bond donors (Lipinski definition) is 1. The van der Waals surface area contributed by atoms with E-state index in [0.29, 0.717) is 43.3 Å². The Hall–Kier alpha value is -2.39. The molecule has 2 aromatic heterocycles. The van der Waals surface area contributed by atoms with E-state index in [1.807, 2.05) is 20.8 Å². The number of hydrogen-bond acceptors (Lipinski definition) is 5. The molecule has 0 spiro atoms. The van der Waals surface area contributed by atoms with E-state index in [4.69, 9.17) is 10.5 Å². The van der Waals surface area contributed by atoms with Gasteiger partial charge in [-0.3, -0.25) is 4.21 Å². The van der Waals surface area contributed by atoms with Gasteiger partial charge in [0.2, 0.25) is 0 Å². The van der Waals surface area contributed by atoms with Gasteiger partial charge >= 0.3 is 0 Å². The molecule has 0 fully saturated rings. The first kappa shape index (κ1) is 23.3. The summed E-state index contributed by atoms with van der Waals surface area (Å²) in [6, 6.07) is 3.15. The SMILES string of the molecule is CCOCc1nc2c(N)nc(C)c(C)c2n1CCCCCS(=O)c1ccc(F)cc1F. The largest absolute Gasteiger partial charge is 0.382 e. The average molecular weight is 451 g/mol. The molecule has 0 aliphatic heterocycles. The number of nitrogen functional groups attached to an aromatic ring is 1. The van der Waals surface area contributed by atoms with Crippen LogP contribution in [0.4, 0.5) is 14.6 Å². The van der Waals surface area contributed by atoms with Crippen LogP contribution < -0.4 is 5.73 Å². The molecular weight excluding hydrogens is 422 g/mol. The van der Waals surface area contributed by atoms with Crippen LogP contribution >= 0.6 is 0 Å². The highest BCUT2D eigenvalue weighted by atomic mass is 32.2. The van der Waals surface area contributed by atoms with Crippen molar-refractivity contribution < 1.29 is 17.7 Å². The van der Waals surface area contributed by atoms with Crippen LogP contribution in [-0.2, 0) is 28.7 Å². The van der Waals surface area contributed by atoms with Crippen molar-refractivity contribution in [3.8, 4) is 0 Å². The van der Waals surface area contributed by atoms with E-state index in [2.05, 4.69) is 14.5 Å². The number of aryl methyl sites for hydroxylation is 3. The highest BCUT2D eigenvalue weighted by molar-refractivity contribution is 7.85. The van der Waals surface area contributed by atoms with Crippen LogP contribution in [0.2, 0.25) is 0 Å². The summed E-state index contributed by atoms with van der Waals surface area (Å²) >= 11 is 0. The number of unbranched alkanes of at least 4 members (excludes halogenated alkanes) is 2. The van der Waals surface area contributed by atoms with Crippen molar-refractivity contribution in [2.45, 2.75) is 58.1 Å². The number of aromatic nitrogens is 3. The predicted octanol–water partition coefficient (Wildman–Crippen LogP) is 4.42. The highest BCUT2D eigenvalue weighted by Gasteiger charge is 2.17. The van der Waals surface area contributed by atoms with E-state index < -0.39 is 22.4 Å². The summed E-state index contributed by atoms with van der Waals surface area (Å²) in [6.45, 7) is 7.54. The van der Waals surface area contributed by atoms with E-state index in [1.165, 1.54) is 6.07 Å². The third-order valence-corrected chi connectivity index (χ3v) is 6.74. The first-order chi connectivity index (χ1) is 14.8. The number of imidazole rings is 1. The Morgan fingerprint density at radius 1 is 1.16 bits per heavy atom. The van der Waals surface area contributed by atoms with Gasteiger partial charge in [-0.2, -0.15) is 0 Å². The molecule has 6 nitrogen and oxygen atoms in total. The molecule has 0 aliphatic rings. The number of ether oxygens (including phenoxy) is 1. The molecule has 168 valence electrons. The first-order valence-electron chi connectivity index (χ1n) is 10.4. The Morgan fingerprint density at radius 3 is 2.65 bits per heavy atom. The maximum Gasteiger partial charge on any atom is 0.151 e. The number of nitrogens with zero attached hydrogens (tertiary/aromatic N) is 3. The van der Waals surface area contributed by atoms with Crippen molar-refractivity contribution in [2.24, 2.45) is 0 Å². The van der Waals surface area contributed by atoms with Crippen molar-refractivity contribution in [1.82, 2.24) is 14.5 Å². The van der Waals surface area contributed by atoms with Crippen molar-refractivity contribution in [3.05, 3.63) is 46.9 Å². The first-order valence-corrected chi connectivity index (χ1v) is 11.7. The van der Waals surface area contributed by atoms with Gasteiger partial charge < -0.3 is 15.0 Å². The Balaban J connectivity index is 1.67. The molecule has 1 atom stereocenters. The standard InChI is InChI=1S/C22H28F2N4O2S/c1-4-30-13-19-27-20-21(14(2)15(3)26-22(20)25)28(19)10-6-5-7-11-31(29)18-9-8-16(23)12-17(18)24/h8-9,12H,4-7,10-11,13H2,1-3H3,(H2,25,26). The molecular formula is C22H28F2N4O2S. The van der Waals surface area contributed by atoms with Gasteiger partial charge in [0.25, 0.3) is 0 Å². The quantitative estimate of drug-likeness (QED) is 0.462. The second kappa shape index (κ2) is 10.3. The zero-order valence-corrected chi connectivity index (χ0v) is 18.9. The minimum atomic E-state index is -1.49. The molecule has 2 N–H and O–H groups in total. The second-order valence-corrected chi connectivity index (χ2v) is 8.95. The van der Waals surface area contributed by atoms with E-state index >= 15 is 0 Å². The third-order valence-electron chi connectivity index (χ3n) is 5.26. The minimum absolute atomic E-state index is 0.0510. The summed E-state index contributed by atoms with van der Waals surface area (Å²) in [5, 5.41) is 0. The monoisotopic (exact) mass is 450 g/mol. The molecule has 0 radical (unpaired) electrons. The fraction of sp³-hybridized carbons (Fsp3) is 0.455. The van der Waals surface area contributed by atoms with Crippen molar-refractivity contribution in [3.63, 3.8) is 0 Å². The fourth-order valence-electron chi connectivity index (χ4n) is 3.54. The van der Waals surface area contributed by atoms with E-state index in [0.717, 1.165) is 47.6 Å². The Kier molecular flexibility index (Phi) is 7.72. The van der Waals surface area contributed by atoms with Crippen LogP contribution in [0.15, 0.2) is 23.1 Å². The molecule has 1 unspecified atom stereocenters. The van der Waals surface area contributed by atoms with Gasteiger partial charge in [0.05, 0.1) is 21.2 Å². The molecule has 0 saturated carbocycles. The molecule has 2 heterocycles. The lowest BCUT2D eigenvalue weighted by Crippen LogP contribution is -2.08. The molecule has 1 aromatic carbocycles. The Labute approximate surface area is 183 Å². The lowest BCUT2D eigenvalue weighted by atomic mass is 10.2. The van der Waals surface area contributed by atoms with Crippen molar-refractivity contribution in [2.75, 3.05) is 18.1 Å². The molecule has 0 bridgehead atoms. The Bertz CT molecular complexity index is 1100. The lowest BCUT2D eigenvalue weighted by Gasteiger charge is -2.12. The van der Waals surface area contributed by atoms with E-state index in [1.54, 1.807) is 0 Å². The van der Waals surface area contributed by atoms with Crippen LogP contribution in [0.1, 0.15) is 43.3 Å². The molecule has 3 rings (SSSR count). The summed E-state index contributed by atoms with van der Waals surface area (Å²) in [4.78, 5) is 9.10. The third kappa shape index (κ3) is 5.27. The van der Waals surface area contributed by atoms with Crippen LogP contribution in [0.25, 0.3) is 11.0 Å². The number of anilines is 1. The molecule has 0 aliphatic carbocycles. The summed E-state index contributed by atoms with van der Waals surface area (Å²) in [5.41, 5.74) is 9.66. The van der Waals surface area contributed by atoms with Gasteiger partial charge in [0, 0.05) is 30.7 Å². The highest BCUT2D eigenvalue weighted by Crippen LogP contribution is 2.27. The van der Waals surface area contributed by atoms with Gasteiger partial charge in [0.15, 0.2) is 5.82 Å². The van der Waals surface area contributed by atoms with Crippen LogP contribution in [0.5, 0.6) is 0 Å². The number of pyridine rings is 1. The zero-order valence-electron chi connectivity index (χ0n) is 18.1. The fourth-order valence-corrected chi connectivity index (χ4v) is 4.72. The number of rotatable bonds is 10. The lowest BCUT2D eigenvalue weighted by molar-refractivity contribution is 0.126. The Morgan fingerprint density at radius 2 is 1.94 bits per heavy atom. The smallest absolute Gasteiger partial charge is 0.151 e. The van der Waals surface area contributed by atoms with Crippen LogP contribution in [-0.4, -0.2) is 31.1 Å². The summed E-state index contributed by atoms with van der Waals surface area (Å²) in [5.74, 6) is 0.104. The van der Waals surface area contributed by atoms with Gasteiger partial charge in [-0.25, -0.2) is 18.7 Å². The van der Waals surface area contributed by atoms with Gasteiger partial charge in [0.1, 0.15) is 29.6 Å². The predicted molar refractivity (Wildman–Crippen MR) is 118 cm³/mol. The summed E-state index contributed by atoms with van der Waals surface area (Å²) < 4.78 is 46.9. The van der Waals surface area contributed by atoms with Gasteiger partial charge in [-0.05, 0) is 51.3 Å². The van der Waals surface area contributed by atoms with Crippen LogP contribution in [0, 0.1) is 25.5 Å². The molecule has 3 aromatic rings. The van der Waals surface area contributed by atoms with Crippen LogP contribution in [0.3, 0.4) is 0 Å². The topological polar surface area (TPSA) is 83.0 Å². The van der Waals surface area contributed by atoms with Gasteiger partial charge in [-0.15, -0.1) is 0 Å². The minimum Gasteiger partial charge on any atom is -0.382 e. The normalized spacial score (nSPS) is 12.5. The molecule has 0 saturated heterocycles.